The van der Waals surface area contributed by atoms with E-state index in [0.717, 1.165) is 19.4 Å². The Morgan fingerprint density at radius 1 is 1.05 bits per heavy atom. The predicted molar refractivity (Wildman–Crippen MR) is 95.1 cm³/mol. The zero-order chi connectivity index (χ0) is 15.7. The molecule has 0 bridgehead atoms. The van der Waals surface area contributed by atoms with Gasteiger partial charge in [0.15, 0.2) is 0 Å². The molecule has 0 aromatic heterocycles. The van der Waals surface area contributed by atoms with Gasteiger partial charge < -0.3 is 4.90 Å². The van der Waals surface area contributed by atoms with Gasteiger partial charge >= 0.3 is 0 Å². The third kappa shape index (κ3) is 3.32. The van der Waals surface area contributed by atoms with Crippen LogP contribution in [0.5, 0.6) is 0 Å². The van der Waals surface area contributed by atoms with Crippen LogP contribution < -0.4 is 0 Å². The van der Waals surface area contributed by atoms with Crippen molar-refractivity contribution in [3.8, 4) is 0 Å². The Morgan fingerprint density at radius 2 is 1.82 bits per heavy atom. The normalized spacial score (nSPS) is 21.0. The van der Waals surface area contributed by atoms with Gasteiger partial charge in [-0.1, -0.05) is 53.5 Å². The Labute approximate surface area is 142 Å². The van der Waals surface area contributed by atoms with Crippen molar-refractivity contribution in [1.29, 1.82) is 0 Å². The highest BCUT2D eigenvalue weighted by molar-refractivity contribution is 6.42. The van der Waals surface area contributed by atoms with Crippen molar-refractivity contribution in [1.82, 2.24) is 4.90 Å². The molecule has 1 nitrogen and oxygen atoms in total. The van der Waals surface area contributed by atoms with E-state index in [1.807, 2.05) is 12.1 Å². The Morgan fingerprint density at radius 3 is 2.55 bits per heavy atom. The molecule has 0 fully saturated rings. The minimum atomic E-state index is 0.407. The number of hydrogen-bond acceptors (Lipinski definition) is 1. The third-order valence-electron chi connectivity index (χ3n) is 4.48. The van der Waals surface area contributed by atoms with E-state index in [1.165, 1.54) is 16.7 Å². The van der Waals surface area contributed by atoms with E-state index in [1.54, 1.807) is 0 Å². The van der Waals surface area contributed by atoms with Crippen LogP contribution in [0.2, 0.25) is 10.0 Å². The lowest BCUT2D eigenvalue weighted by atomic mass is 9.74. The lowest BCUT2D eigenvalue weighted by Crippen LogP contribution is -2.28. The topological polar surface area (TPSA) is 3.24 Å². The number of nitrogens with zero attached hydrogens (tertiary/aromatic N) is 1. The quantitative estimate of drug-likeness (QED) is 0.741. The molecule has 0 saturated heterocycles. The second-order valence-corrected chi connectivity index (χ2v) is 7.31. The Bertz CT molecular complexity index is 666. The summed E-state index contributed by atoms with van der Waals surface area (Å²) in [5.41, 5.74) is 4.18. The molecule has 2 atom stereocenters. The van der Waals surface area contributed by atoms with Crippen LogP contribution in [-0.2, 0) is 6.42 Å². The van der Waals surface area contributed by atoms with Gasteiger partial charge in [-0.25, -0.2) is 0 Å². The molecule has 22 heavy (non-hydrogen) atoms. The molecule has 1 aliphatic rings. The van der Waals surface area contributed by atoms with Crippen molar-refractivity contribution in [2.24, 2.45) is 5.92 Å². The van der Waals surface area contributed by atoms with E-state index < -0.39 is 0 Å². The zero-order valence-corrected chi connectivity index (χ0v) is 14.5. The first-order chi connectivity index (χ1) is 10.5. The van der Waals surface area contributed by atoms with Crippen molar-refractivity contribution >= 4 is 23.2 Å². The molecule has 0 radical (unpaired) electrons. The minimum absolute atomic E-state index is 0.407. The molecule has 0 heterocycles. The fraction of sp³-hybridized carbons (Fsp3) is 0.368. The predicted octanol–water partition coefficient (Wildman–Crippen LogP) is 5.25. The summed E-state index contributed by atoms with van der Waals surface area (Å²) in [6.45, 7) is 1.12. The molecule has 3 heteroatoms. The monoisotopic (exact) mass is 333 g/mol. The molecule has 0 spiro atoms. The fourth-order valence-corrected chi connectivity index (χ4v) is 3.92. The van der Waals surface area contributed by atoms with E-state index in [0.29, 0.717) is 21.9 Å². The van der Waals surface area contributed by atoms with Gasteiger partial charge in [-0.2, -0.15) is 0 Å². The number of benzene rings is 2. The van der Waals surface area contributed by atoms with E-state index >= 15 is 0 Å². The van der Waals surface area contributed by atoms with Gasteiger partial charge in [-0.15, -0.1) is 0 Å². The molecule has 0 saturated carbocycles. The minimum Gasteiger partial charge on any atom is -0.309 e. The molecule has 1 aliphatic carbocycles. The van der Waals surface area contributed by atoms with Gasteiger partial charge in [-0.05, 0) is 61.7 Å². The molecule has 0 aliphatic heterocycles. The Kier molecular flexibility index (Phi) is 4.77. The maximum Gasteiger partial charge on any atom is 0.0595 e. The lowest BCUT2D eigenvalue weighted by Gasteiger charge is -2.33. The van der Waals surface area contributed by atoms with E-state index in [4.69, 9.17) is 23.2 Å². The van der Waals surface area contributed by atoms with Crippen molar-refractivity contribution in [3.63, 3.8) is 0 Å². The summed E-state index contributed by atoms with van der Waals surface area (Å²) in [4.78, 5) is 2.28. The molecule has 0 N–H and O–H groups in total. The van der Waals surface area contributed by atoms with Gasteiger partial charge in [0, 0.05) is 12.5 Å². The number of halogens is 2. The van der Waals surface area contributed by atoms with Gasteiger partial charge in [0.25, 0.3) is 0 Å². The Balaban J connectivity index is 1.99. The molecule has 3 rings (SSSR count). The largest absolute Gasteiger partial charge is 0.309 e. The molecule has 0 amide bonds. The summed E-state index contributed by atoms with van der Waals surface area (Å²) in [6, 6.07) is 14.9. The van der Waals surface area contributed by atoms with Crippen LogP contribution >= 0.6 is 23.2 Å². The standard InChI is InChI=1S/C19H21Cl2N/c1-22(2)12-13-9-14-5-3-4-6-16(14)17(10-13)15-7-8-18(20)19(21)11-15/h3-8,11,13,17H,9-10,12H2,1-2H3/t13-,17+/m1/s1. The highest BCUT2D eigenvalue weighted by atomic mass is 35.5. The number of fused-ring (bicyclic) bond motifs is 1. The summed E-state index contributed by atoms with van der Waals surface area (Å²) >= 11 is 12.3. The number of rotatable bonds is 3. The molecule has 116 valence electrons. The molecule has 2 aromatic rings. The summed E-state index contributed by atoms with van der Waals surface area (Å²) in [5.74, 6) is 1.08. The first-order valence-electron chi connectivity index (χ1n) is 7.72. The zero-order valence-electron chi connectivity index (χ0n) is 13.0. The second-order valence-electron chi connectivity index (χ2n) is 6.49. The average Bonchev–Trinajstić information content (AvgIpc) is 2.48. The maximum absolute atomic E-state index is 6.24. The third-order valence-corrected chi connectivity index (χ3v) is 5.22. The summed E-state index contributed by atoms with van der Waals surface area (Å²) in [5, 5.41) is 1.27. The molecule has 0 unspecified atom stereocenters. The summed E-state index contributed by atoms with van der Waals surface area (Å²) in [7, 11) is 4.29. The van der Waals surface area contributed by atoms with Crippen molar-refractivity contribution in [2.45, 2.75) is 18.8 Å². The van der Waals surface area contributed by atoms with Gasteiger partial charge in [-0.3, -0.25) is 0 Å². The second kappa shape index (κ2) is 6.62. The van der Waals surface area contributed by atoms with Crippen LogP contribution in [0.25, 0.3) is 0 Å². The van der Waals surface area contributed by atoms with Crippen molar-refractivity contribution < 1.29 is 0 Å². The van der Waals surface area contributed by atoms with Gasteiger partial charge in [0.1, 0.15) is 0 Å². The average molecular weight is 334 g/mol. The van der Waals surface area contributed by atoms with Crippen LogP contribution in [0.1, 0.15) is 29.0 Å². The van der Waals surface area contributed by atoms with Gasteiger partial charge in [0.2, 0.25) is 0 Å². The van der Waals surface area contributed by atoms with E-state index in [-0.39, 0.29) is 0 Å². The van der Waals surface area contributed by atoms with Crippen LogP contribution in [0.3, 0.4) is 0 Å². The number of hydrogen-bond donors (Lipinski definition) is 0. The van der Waals surface area contributed by atoms with Crippen LogP contribution in [0.4, 0.5) is 0 Å². The Hall–Kier alpha value is -1.02. The highest BCUT2D eigenvalue weighted by Crippen LogP contribution is 2.40. The molecular formula is C19H21Cl2N. The van der Waals surface area contributed by atoms with E-state index in [2.05, 4.69) is 49.3 Å². The summed E-state index contributed by atoms with van der Waals surface area (Å²) in [6.07, 6.45) is 2.32. The van der Waals surface area contributed by atoms with Gasteiger partial charge in [0.05, 0.1) is 10.0 Å². The SMILES string of the molecule is CN(C)C[C@@H]1Cc2ccccc2[C@H](c2ccc(Cl)c(Cl)c2)C1. The first kappa shape index (κ1) is 15.9. The highest BCUT2D eigenvalue weighted by Gasteiger charge is 2.28. The smallest absolute Gasteiger partial charge is 0.0595 e. The van der Waals surface area contributed by atoms with Crippen molar-refractivity contribution in [3.05, 3.63) is 69.2 Å². The molecule has 2 aromatic carbocycles. The van der Waals surface area contributed by atoms with Crippen LogP contribution in [0.15, 0.2) is 42.5 Å². The van der Waals surface area contributed by atoms with Crippen LogP contribution in [-0.4, -0.2) is 25.5 Å². The first-order valence-corrected chi connectivity index (χ1v) is 8.47. The summed E-state index contributed by atoms with van der Waals surface area (Å²) < 4.78 is 0. The lowest BCUT2D eigenvalue weighted by molar-refractivity contribution is 0.293. The van der Waals surface area contributed by atoms with E-state index in [9.17, 15) is 0 Å². The van der Waals surface area contributed by atoms with Crippen LogP contribution in [0, 0.1) is 5.92 Å². The fourth-order valence-electron chi connectivity index (χ4n) is 3.61. The van der Waals surface area contributed by atoms with Crippen molar-refractivity contribution in [2.75, 3.05) is 20.6 Å². The maximum atomic E-state index is 6.24. The molecular weight excluding hydrogens is 313 g/mol.